The van der Waals surface area contributed by atoms with Gasteiger partial charge in [-0.15, -0.1) is 11.3 Å². The SMILES string of the molecule is C[C@@H](O)CN(C)Cc1c(C(=O)N2CCCCCCC2)nc2sccn12. The standard InChI is InChI=1S/C18H28N4O2S/c1-14(23)12-20(2)13-15-16(19-18-22(15)10-11-25-18)17(24)21-8-6-4-3-5-7-9-21/h10-11,14,23H,3-9,12-13H2,1-2H3/t14-/m1/s1. The fourth-order valence-electron chi connectivity index (χ4n) is 3.53. The van der Waals surface area contributed by atoms with Gasteiger partial charge < -0.3 is 10.0 Å². The van der Waals surface area contributed by atoms with Crippen molar-refractivity contribution in [3.05, 3.63) is 23.0 Å². The second kappa shape index (κ2) is 8.29. The van der Waals surface area contributed by atoms with Gasteiger partial charge in [-0.3, -0.25) is 14.1 Å². The van der Waals surface area contributed by atoms with Crippen molar-refractivity contribution in [1.82, 2.24) is 19.2 Å². The molecule has 0 aromatic carbocycles. The van der Waals surface area contributed by atoms with Crippen LogP contribution in [0.25, 0.3) is 4.96 Å². The molecule has 1 atom stereocenters. The zero-order chi connectivity index (χ0) is 17.8. The quantitative estimate of drug-likeness (QED) is 0.886. The molecule has 138 valence electrons. The Morgan fingerprint density at radius 2 is 2.00 bits per heavy atom. The molecule has 0 spiro atoms. The lowest BCUT2D eigenvalue weighted by Crippen LogP contribution is -2.35. The maximum absolute atomic E-state index is 13.1. The van der Waals surface area contributed by atoms with Crippen LogP contribution in [-0.4, -0.2) is 63.0 Å². The first-order valence-corrected chi connectivity index (χ1v) is 10.0. The summed E-state index contributed by atoms with van der Waals surface area (Å²) in [5, 5.41) is 11.6. The van der Waals surface area contributed by atoms with Crippen molar-refractivity contribution in [2.45, 2.75) is 51.7 Å². The monoisotopic (exact) mass is 364 g/mol. The summed E-state index contributed by atoms with van der Waals surface area (Å²) in [4.78, 5) is 22.6. The third-order valence-electron chi connectivity index (χ3n) is 4.70. The lowest BCUT2D eigenvalue weighted by atomic mass is 10.1. The van der Waals surface area contributed by atoms with Gasteiger partial charge in [-0.1, -0.05) is 19.3 Å². The number of aliphatic hydroxyl groups excluding tert-OH is 1. The first-order chi connectivity index (χ1) is 12.1. The van der Waals surface area contributed by atoms with Crippen molar-refractivity contribution in [3.63, 3.8) is 0 Å². The molecular formula is C18H28N4O2S. The molecule has 0 unspecified atom stereocenters. The molecule has 3 heterocycles. The van der Waals surface area contributed by atoms with Gasteiger partial charge in [0.2, 0.25) is 0 Å². The van der Waals surface area contributed by atoms with Crippen LogP contribution >= 0.6 is 11.3 Å². The highest BCUT2D eigenvalue weighted by atomic mass is 32.1. The van der Waals surface area contributed by atoms with E-state index in [2.05, 4.69) is 4.98 Å². The maximum Gasteiger partial charge on any atom is 0.274 e. The van der Waals surface area contributed by atoms with E-state index in [0.29, 0.717) is 18.8 Å². The summed E-state index contributed by atoms with van der Waals surface area (Å²) in [6.07, 6.45) is 7.40. The predicted molar refractivity (Wildman–Crippen MR) is 100 cm³/mol. The second-order valence-corrected chi connectivity index (χ2v) is 7.94. The molecule has 1 saturated heterocycles. The molecule has 0 radical (unpaired) electrons. The first kappa shape index (κ1) is 18.4. The maximum atomic E-state index is 13.1. The molecular weight excluding hydrogens is 336 g/mol. The highest BCUT2D eigenvalue weighted by Gasteiger charge is 2.25. The Hall–Kier alpha value is -1.44. The van der Waals surface area contributed by atoms with E-state index in [1.165, 1.54) is 19.3 Å². The normalized spacial score (nSPS) is 17.7. The van der Waals surface area contributed by atoms with Crippen molar-refractivity contribution in [2.24, 2.45) is 0 Å². The van der Waals surface area contributed by atoms with Crippen LogP contribution < -0.4 is 0 Å². The number of rotatable bonds is 5. The van der Waals surface area contributed by atoms with Gasteiger partial charge in [0.25, 0.3) is 5.91 Å². The van der Waals surface area contributed by atoms with Gasteiger partial charge in [-0.2, -0.15) is 0 Å². The number of likely N-dealkylation sites (N-methyl/N-ethyl adjacent to an activating group) is 1. The molecule has 1 aliphatic heterocycles. The van der Waals surface area contributed by atoms with E-state index in [1.54, 1.807) is 18.3 Å². The molecule has 6 nitrogen and oxygen atoms in total. The number of thiazole rings is 1. The van der Waals surface area contributed by atoms with Crippen LogP contribution in [0.4, 0.5) is 0 Å². The van der Waals surface area contributed by atoms with Crippen molar-refractivity contribution < 1.29 is 9.90 Å². The summed E-state index contributed by atoms with van der Waals surface area (Å²) in [6.45, 7) is 4.59. The summed E-state index contributed by atoms with van der Waals surface area (Å²) in [5.41, 5.74) is 1.50. The number of imidazole rings is 1. The Balaban J connectivity index is 1.85. The minimum absolute atomic E-state index is 0.0539. The summed E-state index contributed by atoms with van der Waals surface area (Å²) >= 11 is 1.55. The van der Waals surface area contributed by atoms with Crippen LogP contribution in [0.2, 0.25) is 0 Å². The third kappa shape index (κ3) is 4.40. The summed E-state index contributed by atoms with van der Waals surface area (Å²) in [7, 11) is 1.96. The number of hydrogen-bond donors (Lipinski definition) is 1. The van der Waals surface area contributed by atoms with Gasteiger partial charge in [0.1, 0.15) is 0 Å². The number of amides is 1. The van der Waals surface area contributed by atoms with Gasteiger partial charge in [-0.25, -0.2) is 4.98 Å². The summed E-state index contributed by atoms with van der Waals surface area (Å²) in [6, 6.07) is 0. The number of aromatic nitrogens is 2. The average Bonchev–Trinajstić information content (AvgIpc) is 3.08. The van der Waals surface area contributed by atoms with Crippen LogP contribution in [0, 0.1) is 0 Å². The highest BCUT2D eigenvalue weighted by Crippen LogP contribution is 2.21. The molecule has 3 rings (SSSR count). The molecule has 1 aliphatic rings. The Morgan fingerprint density at radius 3 is 2.68 bits per heavy atom. The van der Waals surface area contributed by atoms with Gasteiger partial charge >= 0.3 is 0 Å². The summed E-state index contributed by atoms with van der Waals surface area (Å²) < 4.78 is 2.01. The molecule has 2 aromatic heterocycles. The summed E-state index contributed by atoms with van der Waals surface area (Å²) in [5.74, 6) is 0.0539. The van der Waals surface area contributed by atoms with Crippen molar-refractivity contribution in [3.8, 4) is 0 Å². The molecule has 1 fully saturated rings. The molecule has 7 heteroatoms. The molecule has 0 bridgehead atoms. The number of aliphatic hydroxyl groups is 1. The van der Waals surface area contributed by atoms with E-state index in [1.807, 2.05) is 32.8 Å². The van der Waals surface area contributed by atoms with E-state index >= 15 is 0 Å². The molecule has 0 saturated carbocycles. The average molecular weight is 365 g/mol. The van der Waals surface area contributed by atoms with E-state index in [9.17, 15) is 9.90 Å². The van der Waals surface area contributed by atoms with Gasteiger partial charge in [-0.05, 0) is 26.8 Å². The molecule has 25 heavy (non-hydrogen) atoms. The number of carbonyl (C=O) groups excluding carboxylic acids is 1. The van der Waals surface area contributed by atoms with E-state index in [0.717, 1.165) is 36.6 Å². The zero-order valence-electron chi connectivity index (χ0n) is 15.1. The van der Waals surface area contributed by atoms with Gasteiger partial charge in [0.15, 0.2) is 10.7 Å². The lowest BCUT2D eigenvalue weighted by Gasteiger charge is -2.25. The van der Waals surface area contributed by atoms with Crippen LogP contribution in [-0.2, 0) is 6.54 Å². The van der Waals surface area contributed by atoms with Gasteiger partial charge in [0.05, 0.1) is 11.8 Å². The Morgan fingerprint density at radius 1 is 1.32 bits per heavy atom. The lowest BCUT2D eigenvalue weighted by molar-refractivity contribution is 0.0734. The number of hydrogen-bond acceptors (Lipinski definition) is 5. The van der Waals surface area contributed by atoms with Crippen LogP contribution in [0.15, 0.2) is 11.6 Å². The topological polar surface area (TPSA) is 61.1 Å². The van der Waals surface area contributed by atoms with Crippen molar-refractivity contribution in [2.75, 3.05) is 26.7 Å². The Kier molecular flexibility index (Phi) is 6.09. The van der Waals surface area contributed by atoms with Crippen molar-refractivity contribution in [1.29, 1.82) is 0 Å². The number of carbonyl (C=O) groups is 1. The third-order valence-corrected chi connectivity index (χ3v) is 5.46. The number of likely N-dealkylation sites (tertiary alicyclic amines) is 1. The predicted octanol–water partition coefficient (Wildman–Crippen LogP) is 2.61. The Bertz CT molecular complexity index is 701. The van der Waals surface area contributed by atoms with E-state index < -0.39 is 6.10 Å². The van der Waals surface area contributed by atoms with Crippen LogP contribution in [0.1, 0.15) is 55.2 Å². The van der Waals surface area contributed by atoms with Crippen LogP contribution in [0.5, 0.6) is 0 Å². The minimum Gasteiger partial charge on any atom is -0.392 e. The smallest absolute Gasteiger partial charge is 0.274 e. The zero-order valence-corrected chi connectivity index (χ0v) is 16.0. The fourth-order valence-corrected chi connectivity index (χ4v) is 4.26. The van der Waals surface area contributed by atoms with E-state index in [-0.39, 0.29) is 5.91 Å². The molecule has 1 N–H and O–H groups in total. The highest BCUT2D eigenvalue weighted by molar-refractivity contribution is 7.15. The van der Waals surface area contributed by atoms with Gasteiger partial charge in [0, 0.05) is 37.8 Å². The molecule has 0 aliphatic carbocycles. The first-order valence-electron chi connectivity index (χ1n) is 9.16. The second-order valence-electron chi connectivity index (χ2n) is 7.07. The minimum atomic E-state index is -0.399. The van der Waals surface area contributed by atoms with Crippen molar-refractivity contribution >= 4 is 22.2 Å². The number of nitrogens with zero attached hydrogens (tertiary/aromatic N) is 4. The van der Waals surface area contributed by atoms with Crippen LogP contribution in [0.3, 0.4) is 0 Å². The molecule has 2 aromatic rings. The van der Waals surface area contributed by atoms with E-state index in [4.69, 9.17) is 0 Å². The Labute approximate surface area is 153 Å². The largest absolute Gasteiger partial charge is 0.392 e. The number of fused-ring (bicyclic) bond motifs is 1. The fraction of sp³-hybridized carbons (Fsp3) is 0.667. The molecule has 1 amide bonds.